The Kier molecular flexibility index (Phi) is 2.61. The summed E-state index contributed by atoms with van der Waals surface area (Å²) in [5.74, 6) is 0. The van der Waals surface area contributed by atoms with Crippen molar-refractivity contribution in [3.8, 4) is 5.69 Å². The molecule has 0 bridgehead atoms. The number of rotatable bonds is 2. The van der Waals surface area contributed by atoms with Gasteiger partial charge in [0.05, 0.1) is 5.56 Å². The smallest absolute Gasteiger partial charge is 0.228 e. The molecule has 18 heavy (non-hydrogen) atoms. The number of pyridine rings is 1. The third-order valence-electron chi connectivity index (χ3n) is 3.01. The number of hydrogen-bond donors (Lipinski definition) is 0. The van der Waals surface area contributed by atoms with Gasteiger partial charge in [-0.3, -0.25) is 4.79 Å². The van der Waals surface area contributed by atoms with Crippen molar-refractivity contribution in [3.05, 3.63) is 72.4 Å². The summed E-state index contributed by atoms with van der Waals surface area (Å²) in [4.78, 5) is 11.2. The van der Waals surface area contributed by atoms with E-state index in [1.165, 1.54) is 0 Å². The maximum absolute atomic E-state index is 11.2. The van der Waals surface area contributed by atoms with Crippen molar-refractivity contribution < 1.29 is 9.36 Å². The summed E-state index contributed by atoms with van der Waals surface area (Å²) in [5.41, 5.74) is 2.70. The van der Waals surface area contributed by atoms with Gasteiger partial charge in [0.25, 0.3) is 0 Å². The molecular formula is C16H12NO+. The average Bonchev–Trinajstić information content (AvgIpc) is 2.47. The Hall–Kier alpha value is -2.48. The van der Waals surface area contributed by atoms with Gasteiger partial charge in [0.15, 0.2) is 12.5 Å². The molecule has 0 radical (unpaired) electrons. The molecule has 0 aliphatic heterocycles. The molecule has 2 nitrogen and oxygen atoms in total. The normalized spacial score (nSPS) is 10.4. The van der Waals surface area contributed by atoms with E-state index in [1.54, 1.807) is 0 Å². The maximum Gasteiger partial charge on any atom is 0.228 e. The van der Waals surface area contributed by atoms with E-state index >= 15 is 0 Å². The number of carbonyl (C=O) groups excluding carboxylic acids is 1. The van der Waals surface area contributed by atoms with Gasteiger partial charge in [-0.05, 0) is 18.2 Å². The monoisotopic (exact) mass is 234 g/mol. The van der Waals surface area contributed by atoms with Crippen LogP contribution in [0.15, 0.2) is 66.9 Å². The van der Waals surface area contributed by atoms with Crippen molar-refractivity contribution in [1.82, 2.24) is 0 Å². The number of aldehydes is 1. The summed E-state index contributed by atoms with van der Waals surface area (Å²) in [6.07, 6.45) is 2.88. The fourth-order valence-corrected chi connectivity index (χ4v) is 2.20. The first kappa shape index (κ1) is 10.7. The van der Waals surface area contributed by atoms with E-state index in [4.69, 9.17) is 0 Å². The summed E-state index contributed by atoms with van der Waals surface area (Å²) in [5, 5.41) is 1.06. The molecule has 0 amide bonds. The number of hydrogen-bond acceptors (Lipinski definition) is 1. The zero-order valence-corrected chi connectivity index (χ0v) is 9.78. The highest BCUT2D eigenvalue weighted by Gasteiger charge is 2.14. The molecular weight excluding hydrogens is 222 g/mol. The van der Waals surface area contributed by atoms with Gasteiger partial charge in [0.1, 0.15) is 0 Å². The zero-order chi connectivity index (χ0) is 12.4. The molecule has 0 atom stereocenters. The summed E-state index contributed by atoms with van der Waals surface area (Å²) >= 11 is 0. The van der Waals surface area contributed by atoms with Crippen molar-refractivity contribution in [2.24, 2.45) is 0 Å². The Morgan fingerprint density at radius 3 is 2.39 bits per heavy atom. The van der Waals surface area contributed by atoms with Crippen LogP contribution in [0.25, 0.3) is 16.6 Å². The highest BCUT2D eigenvalue weighted by Crippen LogP contribution is 2.15. The fourth-order valence-electron chi connectivity index (χ4n) is 2.20. The lowest BCUT2D eigenvalue weighted by molar-refractivity contribution is -0.567. The summed E-state index contributed by atoms with van der Waals surface area (Å²) in [6.45, 7) is 0. The molecule has 0 spiro atoms. The molecule has 0 N–H and O–H groups in total. The highest BCUT2D eigenvalue weighted by molar-refractivity contribution is 5.93. The second-order valence-corrected chi connectivity index (χ2v) is 4.12. The van der Waals surface area contributed by atoms with Crippen molar-refractivity contribution in [3.63, 3.8) is 0 Å². The maximum atomic E-state index is 11.2. The van der Waals surface area contributed by atoms with E-state index in [9.17, 15) is 4.79 Å². The first-order chi connectivity index (χ1) is 8.90. The lowest BCUT2D eigenvalue weighted by Gasteiger charge is -2.02. The topological polar surface area (TPSA) is 20.9 Å². The van der Waals surface area contributed by atoms with Gasteiger partial charge in [-0.15, -0.1) is 0 Å². The van der Waals surface area contributed by atoms with Crippen molar-refractivity contribution in [2.75, 3.05) is 0 Å². The van der Waals surface area contributed by atoms with Crippen LogP contribution in [0.1, 0.15) is 10.4 Å². The predicted molar refractivity (Wildman–Crippen MR) is 70.9 cm³/mol. The third-order valence-corrected chi connectivity index (χ3v) is 3.01. The van der Waals surface area contributed by atoms with Crippen LogP contribution in [0.5, 0.6) is 0 Å². The number of benzene rings is 2. The van der Waals surface area contributed by atoms with Crippen LogP contribution in [-0.4, -0.2) is 6.29 Å². The van der Waals surface area contributed by atoms with Crippen LogP contribution >= 0.6 is 0 Å². The second kappa shape index (κ2) is 4.41. The van der Waals surface area contributed by atoms with Crippen LogP contribution in [0.2, 0.25) is 0 Å². The first-order valence-electron chi connectivity index (χ1n) is 5.84. The molecule has 0 saturated heterocycles. The summed E-state index contributed by atoms with van der Waals surface area (Å²) in [7, 11) is 0. The van der Waals surface area contributed by atoms with E-state index in [0.717, 1.165) is 22.9 Å². The Morgan fingerprint density at radius 1 is 0.833 bits per heavy atom. The van der Waals surface area contributed by atoms with Gasteiger partial charge in [0, 0.05) is 23.6 Å². The van der Waals surface area contributed by atoms with Crippen molar-refractivity contribution in [2.45, 2.75) is 0 Å². The molecule has 2 heteroatoms. The highest BCUT2D eigenvalue weighted by atomic mass is 16.1. The SMILES string of the molecule is O=Cc1cccc2ccc[n+](-c3ccccc3)c12. The lowest BCUT2D eigenvalue weighted by atomic mass is 10.1. The average molecular weight is 234 g/mol. The summed E-state index contributed by atoms with van der Waals surface area (Å²) in [6, 6.07) is 19.8. The Bertz CT molecular complexity index is 699. The predicted octanol–water partition coefficient (Wildman–Crippen LogP) is 2.93. The molecule has 3 aromatic rings. The first-order valence-corrected chi connectivity index (χ1v) is 5.84. The van der Waals surface area contributed by atoms with Gasteiger partial charge in [-0.1, -0.05) is 24.3 Å². The van der Waals surface area contributed by atoms with Crippen LogP contribution in [0, 0.1) is 0 Å². The van der Waals surface area contributed by atoms with E-state index in [2.05, 4.69) is 0 Å². The molecule has 86 valence electrons. The minimum atomic E-state index is 0.706. The lowest BCUT2D eigenvalue weighted by Crippen LogP contribution is -2.31. The molecule has 0 fully saturated rings. The second-order valence-electron chi connectivity index (χ2n) is 4.12. The molecule has 0 aliphatic rings. The largest absolute Gasteiger partial charge is 0.298 e. The van der Waals surface area contributed by atoms with Gasteiger partial charge >= 0.3 is 0 Å². The number of carbonyl (C=O) groups is 1. The molecule has 0 unspecified atom stereocenters. The van der Waals surface area contributed by atoms with E-state index in [0.29, 0.717) is 5.56 Å². The quantitative estimate of drug-likeness (QED) is 0.493. The molecule has 3 rings (SSSR count). The van der Waals surface area contributed by atoms with Crippen LogP contribution < -0.4 is 4.57 Å². The van der Waals surface area contributed by atoms with Crippen LogP contribution in [-0.2, 0) is 0 Å². The molecule has 0 aliphatic carbocycles. The number of para-hydroxylation sites is 2. The molecule has 2 aromatic carbocycles. The third kappa shape index (κ3) is 1.68. The van der Waals surface area contributed by atoms with Gasteiger partial charge < -0.3 is 0 Å². The fraction of sp³-hybridized carbons (Fsp3) is 0. The standard InChI is InChI=1S/C16H12NO/c18-12-14-7-4-6-13-8-5-11-17(16(13)14)15-9-2-1-3-10-15/h1-12H/q+1. The molecule has 1 aromatic heterocycles. The minimum absolute atomic E-state index is 0.706. The number of fused-ring (bicyclic) bond motifs is 1. The van der Waals surface area contributed by atoms with Crippen LogP contribution in [0.4, 0.5) is 0 Å². The van der Waals surface area contributed by atoms with Gasteiger partial charge in [-0.25, -0.2) is 0 Å². The van der Waals surface area contributed by atoms with E-state index in [1.807, 2.05) is 71.4 Å². The van der Waals surface area contributed by atoms with E-state index < -0.39 is 0 Å². The number of aromatic nitrogens is 1. The van der Waals surface area contributed by atoms with Crippen molar-refractivity contribution >= 4 is 17.2 Å². The molecule has 1 heterocycles. The zero-order valence-electron chi connectivity index (χ0n) is 9.78. The summed E-state index contributed by atoms with van der Waals surface area (Å²) < 4.78 is 2.04. The molecule has 0 saturated carbocycles. The Labute approximate surface area is 105 Å². The number of nitrogens with zero attached hydrogens (tertiary/aromatic N) is 1. The van der Waals surface area contributed by atoms with Crippen molar-refractivity contribution in [1.29, 1.82) is 0 Å². The Balaban J connectivity index is 2.40. The van der Waals surface area contributed by atoms with Gasteiger partial charge in [0.2, 0.25) is 11.2 Å². The minimum Gasteiger partial charge on any atom is -0.298 e. The Morgan fingerprint density at radius 2 is 1.61 bits per heavy atom. The van der Waals surface area contributed by atoms with Crippen LogP contribution in [0.3, 0.4) is 0 Å². The van der Waals surface area contributed by atoms with Gasteiger partial charge in [-0.2, -0.15) is 4.57 Å². The van der Waals surface area contributed by atoms with E-state index in [-0.39, 0.29) is 0 Å².